The third-order valence-corrected chi connectivity index (χ3v) is 3.04. The normalized spacial score (nSPS) is 12.0. The van der Waals surface area contributed by atoms with Gasteiger partial charge in [0.25, 0.3) is 0 Å². The SMILES string of the molecule is C[C@H](N)c1ccc(OCCCOc2ccccc2)c(F)c1. The summed E-state index contributed by atoms with van der Waals surface area (Å²) in [6.45, 7) is 2.75. The summed E-state index contributed by atoms with van der Waals surface area (Å²) in [4.78, 5) is 0. The molecule has 0 bridgehead atoms. The molecule has 0 aliphatic heterocycles. The van der Waals surface area contributed by atoms with Crippen LogP contribution in [0.15, 0.2) is 48.5 Å². The minimum atomic E-state index is -0.381. The minimum absolute atomic E-state index is 0.187. The second-order valence-corrected chi connectivity index (χ2v) is 4.84. The van der Waals surface area contributed by atoms with Crippen molar-refractivity contribution in [1.29, 1.82) is 0 Å². The van der Waals surface area contributed by atoms with Gasteiger partial charge in [-0.1, -0.05) is 24.3 Å². The van der Waals surface area contributed by atoms with E-state index in [0.717, 1.165) is 11.3 Å². The molecule has 0 amide bonds. The Morgan fingerprint density at radius 3 is 2.43 bits per heavy atom. The number of ether oxygens (including phenoxy) is 2. The monoisotopic (exact) mass is 289 g/mol. The molecule has 0 spiro atoms. The van der Waals surface area contributed by atoms with Gasteiger partial charge in [-0.3, -0.25) is 0 Å². The smallest absolute Gasteiger partial charge is 0.165 e. The van der Waals surface area contributed by atoms with Gasteiger partial charge in [-0.05, 0) is 36.8 Å². The fourth-order valence-electron chi connectivity index (χ4n) is 1.87. The molecule has 112 valence electrons. The first-order chi connectivity index (χ1) is 10.2. The summed E-state index contributed by atoms with van der Waals surface area (Å²) in [6, 6.07) is 14.2. The fraction of sp³-hybridized carbons (Fsp3) is 0.294. The highest BCUT2D eigenvalue weighted by Gasteiger charge is 2.07. The summed E-state index contributed by atoms with van der Waals surface area (Å²) in [6.07, 6.45) is 0.684. The first-order valence-corrected chi connectivity index (χ1v) is 7.02. The summed E-state index contributed by atoms with van der Waals surface area (Å²) in [7, 11) is 0. The molecule has 0 radical (unpaired) electrons. The van der Waals surface area contributed by atoms with Crippen molar-refractivity contribution in [3.8, 4) is 11.5 Å². The van der Waals surface area contributed by atoms with Gasteiger partial charge in [0, 0.05) is 12.5 Å². The van der Waals surface area contributed by atoms with Crippen LogP contribution in [0.25, 0.3) is 0 Å². The van der Waals surface area contributed by atoms with E-state index in [0.29, 0.717) is 19.6 Å². The number of hydrogen-bond donors (Lipinski definition) is 1. The molecule has 0 fully saturated rings. The van der Waals surface area contributed by atoms with Gasteiger partial charge in [-0.25, -0.2) is 4.39 Å². The Morgan fingerprint density at radius 2 is 1.76 bits per heavy atom. The van der Waals surface area contributed by atoms with E-state index in [4.69, 9.17) is 15.2 Å². The van der Waals surface area contributed by atoms with Crippen molar-refractivity contribution < 1.29 is 13.9 Å². The molecule has 21 heavy (non-hydrogen) atoms. The van der Waals surface area contributed by atoms with Crippen LogP contribution < -0.4 is 15.2 Å². The summed E-state index contributed by atoms with van der Waals surface area (Å²) in [5, 5.41) is 0. The first kappa shape index (κ1) is 15.3. The van der Waals surface area contributed by atoms with Crippen LogP contribution in [0, 0.1) is 5.82 Å². The van der Waals surface area contributed by atoms with Gasteiger partial charge in [0.1, 0.15) is 5.75 Å². The molecule has 0 aliphatic carbocycles. The van der Waals surface area contributed by atoms with Crippen molar-refractivity contribution in [2.24, 2.45) is 5.73 Å². The second kappa shape index (κ2) is 7.64. The standard InChI is InChI=1S/C17H20FNO2/c1-13(19)14-8-9-17(16(18)12-14)21-11-5-10-20-15-6-3-2-4-7-15/h2-4,6-9,12-13H,5,10-11,19H2,1H3/t13-/m0/s1. The third kappa shape index (κ3) is 4.76. The van der Waals surface area contributed by atoms with E-state index in [1.807, 2.05) is 37.3 Å². The highest BCUT2D eigenvalue weighted by atomic mass is 19.1. The Balaban J connectivity index is 1.74. The highest BCUT2D eigenvalue weighted by molar-refractivity contribution is 5.30. The maximum Gasteiger partial charge on any atom is 0.165 e. The van der Waals surface area contributed by atoms with E-state index in [9.17, 15) is 4.39 Å². The lowest BCUT2D eigenvalue weighted by molar-refractivity contribution is 0.241. The number of halogens is 1. The van der Waals surface area contributed by atoms with Crippen molar-refractivity contribution in [2.75, 3.05) is 13.2 Å². The quantitative estimate of drug-likeness (QED) is 0.791. The van der Waals surface area contributed by atoms with Gasteiger partial charge in [0.15, 0.2) is 11.6 Å². The van der Waals surface area contributed by atoms with E-state index < -0.39 is 0 Å². The summed E-state index contributed by atoms with van der Waals surface area (Å²) >= 11 is 0. The third-order valence-electron chi connectivity index (χ3n) is 3.04. The molecule has 2 rings (SSSR count). The second-order valence-electron chi connectivity index (χ2n) is 4.84. The molecule has 0 saturated heterocycles. The minimum Gasteiger partial charge on any atom is -0.493 e. The van der Waals surface area contributed by atoms with E-state index in [-0.39, 0.29) is 17.6 Å². The molecule has 0 unspecified atom stereocenters. The lowest BCUT2D eigenvalue weighted by Gasteiger charge is -2.11. The van der Waals surface area contributed by atoms with Crippen LogP contribution in [0.4, 0.5) is 4.39 Å². The number of nitrogens with two attached hydrogens (primary N) is 1. The van der Waals surface area contributed by atoms with E-state index in [1.165, 1.54) is 6.07 Å². The Kier molecular flexibility index (Phi) is 5.58. The van der Waals surface area contributed by atoms with Gasteiger partial charge in [0.2, 0.25) is 0 Å². The molecular weight excluding hydrogens is 269 g/mol. The molecule has 0 aromatic heterocycles. The molecule has 2 aromatic carbocycles. The molecule has 0 heterocycles. The van der Waals surface area contributed by atoms with Gasteiger partial charge < -0.3 is 15.2 Å². The van der Waals surface area contributed by atoms with Crippen LogP contribution >= 0.6 is 0 Å². The van der Waals surface area contributed by atoms with Crippen LogP contribution in [0.1, 0.15) is 24.9 Å². The van der Waals surface area contributed by atoms with E-state index >= 15 is 0 Å². The average molecular weight is 289 g/mol. The molecule has 2 N–H and O–H groups in total. The molecule has 0 saturated carbocycles. The van der Waals surface area contributed by atoms with Crippen molar-refractivity contribution in [3.05, 3.63) is 59.9 Å². The highest BCUT2D eigenvalue weighted by Crippen LogP contribution is 2.21. The zero-order chi connectivity index (χ0) is 15.1. The van der Waals surface area contributed by atoms with Crippen molar-refractivity contribution in [1.82, 2.24) is 0 Å². The average Bonchev–Trinajstić information content (AvgIpc) is 2.49. The molecular formula is C17H20FNO2. The Morgan fingerprint density at radius 1 is 1.05 bits per heavy atom. The predicted octanol–water partition coefficient (Wildman–Crippen LogP) is 3.69. The predicted molar refractivity (Wildman–Crippen MR) is 81.1 cm³/mol. The van der Waals surface area contributed by atoms with Crippen LogP contribution in [0.5, 0.6) is 11.5 Å². The summed E-state index contributed by atoms with van der Waals surface area (Å²) in [5.74, 6) is 0.692. The van der Waals surface area contributed by atoms with Crippen LogP contribution in [-0.4, -0.2) is 13.2 Å². The van der Waals surface area contributed by atoms with Gasteiger partial charge in [0.05, 0.1) is 13.2 Å². The topological polar surface area (TPSA) is 44.5 Å². The van der Waals surface area contributed by atoms with Gasteiger partial charge in [-0.2, -0.15) is 0 Å². The molecule has 4 heteroatoms. The summed E-state index contributed by atoms with van der Waals surface area (Å²) < 4.78 is 24.7. The van der Waals surface area contributed by atoms with Crippen LogP contribution in [0.2, 0.25) is 0 Å². The van der Waals surface area contributed by atoms with Gasteiger partial charge in [-0.15, -0.1) is 0 Å². The maximum absolute atomic E-state index is 13.8. The lowest BCUT2D eigenvalue weighted by Crippen LogP contribution is -2.08. The lowest BCUT2D eigenvalue weighted by atomic mass is 10.1. The van der Waals surface area contributed by atoms with Crippen LogP contribution in [0.3, 0.4) is 0 Å². The first-order valence-electron chi connectivity index (χ1n) is 7.02. The van der Waals surface area contributed by atoms with E-state index in [2.05, 4.69) is 0 Å². The van der Waals surface area contributed by atoms with Crippen molar-refractivity contribution >= 4 is 0 Å². The number of hydrogen-bond acceptors (Lipinski definition) is 3. The number of rotatable bonds is 7. The van der Waals surface area contributed by atoms with Crippen molar-refractivity contribution in [3.63, 3.8) is 0 Å². The molecule has 3 nitrogen and oxygen atoms in total. The molecule has 1 atom stereocenters. The Labute approximate surface area is 124 Å². The maximum atomic E-state index is 13.8. The Hall–Kier alpha value is -2.07. The van der Waals surface area contributed by atoms with Crippen molar-refractivity contribution in [2.45, 2.75) is 19.4 Å². The largest absolute Gasteiger partial charge is 0.493 e. The Bertz CT molecular complexity index is 558. The number of para-hydroxylation sites is 1. The van der Waals surface area contributed by atoms with E-state index in [1.54, 1.807) is 12.1 Å². The zero-order valence-corrected chi connectivity index (χ0v) is 12.1. The van der Waals surface area contributed by atoms with Gasteiger partial charge >= 0.3 is 0 Å². The molecule has 0 aliphatic rings. The molecule has 2 aromatic rings. The summed E-state index contributed by atoms with van der Waals surface area (Å²) in [5.41, 5.74) is 6.46. The number of benzene rings is 2. The van der Waals surface area contributed by atoms with Crippen LogP contribution in [-0.2, 0) is 0 Å². The fourth-order valence-corrected chi connectivity index (χ4v) is 1.87. The zero-order valence-electron chi connectivity index (χ0n) is 12.1.